The number of amides is 1. The van der Waals surface area contributed by atoms with E-state index in [-0.39, 0.29) is 17.6 Å². The van der Waals surface area contributed by atoms with Crippen LogP contribution in [0.1, 0.15) is 11.5 Å². The van der Waals surface area contributed by atoms with Crippen LogP contribution in [0.2, 0.25) is 0 Å². The van der Waals surface area contributed by atoms with Gasteiger partial charge in [0.15, 0.2) is 0 Å². The monoisotopic (exact) mass is 365 g/mol. The first kappa shape index (κ1) is 17.7. The number of benzene rings is 1. The maximum absolute atomic E-state index is 13.1. The summed E-state index contributed by atoms with van der Waals surface area (Å²) in [7, 11) is 0. The molecule has 0 atom stereocenters. The van der Waals surface area contributed by atoms with E-state index in [4.69, 9.17) is 4.42 Å². The standard InChI is InChI=1S/C17H14F3N3O3/c18-17(19,20)15-16(25)23(13-6-2-1-5-12(13)22-15)10-14(24)21-8-7-11-4-3-9-26-11/h1-6,9H,7-8,10H2,(H,21,24). The van der Waals surface area contributed by atoms with Crippen LogP contribution in [0, 0.1) is 0 Å². The molecular formula is C17H14F3N3O3. The SMILES string of the molecule is O=C(Cn1c(=O)c(C(F)(F)F)nc2ccccc21)NCCc1ccco1. The van der Waals surface area contributed by atoms with Crippen LogP contribution < -0.4 is 10.9 Å². The van der Waals surface area contributed by atoms with Crippen LogP contribution in [0.4, 0.5) is 13.2 Å². The van der Waals surface area contributed by atoms with Gasteiger partial charge in [-0.05, 0) is 24.3 Å². The number of rotatable bonds is 5. The Kier molecular flexibility index (Phi) is 4.79. The Morgan fingerprint density at radius 1 is 1.19 bits per heavy atom. The molecule has 3 aromatic rings. The number of carbonyl (C=O) groups is 1. The molecule has 6 nitrogen and oxygen atoms in total. The van der Waals surface area contributed by atoms with Crippen LogP contribution in [-0.4, -0.2) is 22.0 Å². The molecule has 0 saturated carbocycles. The zero-order valence-electron chi connectivity index (χ0n) is 13.4. The van der Waals surface area contributed by atoms with E-state index in [9.17, 15) is 22.8 Å². The number of alkyl halides is 3. The van der Waals surface area contributed by atoms with Crippen molar-refractivity contribution in [2.45, 2.75) is 19.1 Å². The number of nitrogens with zero attached hydrogens (tertiary/aromatic N) is 2. The van der Waals surface area contributed by atoms with E-state index in [1.807, 2.05) is 0 Å². The van der Waals surface area contributed by atoms with E-state index in [0.717, 1.165) is 4.57 Å². The Morgan fingerprint density at radius 3 is 2.65 bits per heavy atom. The summed E-state index contributed by atoms with van der Waals surface area (Å²) in [6, 6.07) is 9.31. The molecule has 1 aromatic carbocycles. The first-order valence-electron chi connectivity index (χ1n) is 7.72. The van der Waals surface area contributed by atoms with Gasteiger partial charge >= 0.3 is 6.18 Å². The van der Waals surface area contributed by atoms with Crippen LogP contribution in [-0.2, 0) is 23.9 Å². The van der Waals surface area contributed by atoms with Gasteiger partial charge in [-0.1, -0.05) is 12.1 Å². The van der Waals surface area contributed by atoms with Crippen LogP contribution in [0.25, 0.3) is 11.0 Å². The molecule has 0 spiro atoms. The van der Waals surface area contributed by atoms with Gasteiger partial charge in [0.2, 0.25) is 11.6 Å². The number of nitrogens with one attached hydrogen (secondary N) is 1. The molecule has 26 heavy (non-hydrogen) atoms. The predicted octanol–water partition coefficient (Wildman–Crippen LogP) is 2.37. The average molecular weight is 365 g/mol. The summed E-state index contributed by atoms with van der Waals surface area (Å²) in [6.07, 6.45) is -2.98. The fourth-order valence-electron chi connectivity index (χ4n) is 2.51. The topological polar surface area (TPSA) is 77.1 Å². The van der Waals surface area contributed by atoms with Crippen molar-refractivity contribution in [1.82, 2.24) is 14.9 Å². The lowest BCUT2D eigenvalue weighted by Crippen LogP contribution is -2.36. The Hall–Kier alpha value is -3.10. The van der Waals surface area contributed by atoms with Crippen molar-refractivity contribution in [1.29, 1.82) is 0 Å². The highest BCUT2D eigenvalue weighted by atomic mass is 19.4. The van der Waals surface area contributed by atoms with Crippen molar-refractivity contribution in [2.75, 3.05) is 6.54 Å². The van der Waals surface area contributed by atoms with E-state index in [0.29, 0.717) is 12.2 Å². The fraction of sp³-hybridized carbons (Fsp3) is 0.235. The van der Waals surface area contributed by atoms with Gasteiger partial charge in [0.25, 0.3) is 5.56 Å². The molecule has 0 aliphatic rings. The lowest BCUT2D eigenvalue weighted by atomic mass is 10.2. The van der Waals surface area contributed by atoms with Gasteiger partial charge in [-0.25, -0.2) is 4.98 Å². The zero-order chi connectivity index (χ0) is 18.7. The number of halogens is 3. The zero-order valence-corrected chi connectivity index (χ0v) is 13.4. The lowest BCUT2D eigenvalue weighted by molar-refractivity contribution is -0.142. The highest BCUT2D eigenvalue weighted by molar-refractivity contribution is 5.80. The lowest BCUT2D eigenvalue weighted by Gasteiger charge is -2.13. The number of aromatic nitrogens is 2. The maximum atomic E-state index is 13.1. The molecule has 1 amide bonds. The van der Waals surface area contributed by atoms with Gasteiger partial charge in [0, 0.05) is 13.0 Å². The molecule has 0 aliphatic heterocycles. The fourth-order valence-corrected chi connectivity index (χ4v) is 2.51. The smallest absolute Gasteiger partial charge is 0.438 e. The van der Waals surface area contributed by atoms with Crippen molar-refractivity contribution in [3.05, 3.63) is 64.5 Å². The molecule has 0 radical (unpaired) electrons. The third-order valence-electron chi connectivity index (χ3n) is 3.70. The molecular weight excluding hydrogens is 351 g/mol. The Balaban J connectivity index is 1.85. The highest BCUT2D eigenvalue weighted by Gasteiger charge is 2.37. The van der Waals surface area contributed by atoms with Crippen LogP contribution in [0.5, 0.6) is 0 Å². The van der Waals surface area contributed by atoms with E-state index in [1.165, 1.54) is 24.5 Å². The maximum Gasteiger partial charge on any atom is 0.438 e. The molecule has 0 unspecified atom stereocenters. The van der Waals surface area contributed by atoms with Gasteiger partial charge in [-0.15, -0.1) is 0 Å². The van der Waals surface area contributed by atoms with Crippen molar-refractivity contribution in [3.63, 3.8) is 0 Å². The Morgan fingerprint density at radius 2 is 1.96 bits per heavy atom. The minimum atomic E-state index is -4.90. The molecule has 1 N–H and O–H groups in total. The molecule has 9 heteroatoms. The predicted molar refractivity (Wildman–Crippen MR) is 86.4 cm³/mol. The van der Waals surface area contributed by atoms with E-state index in [2.05, 4.69) is 10.3 Å². The minimum Gasteiger partial charge on any atom is -0.469 e. The molecule has 2 heterocycles. The number of carbonyl (C=O) groups excluding carboxylic acids is 1. The Bertz CT molecular complexity index is 978. The summed E-state index contributed by atoms with van der Waals surface area (Å²) < 4.78 is 45.1. The van der Waals surface area contributed by atoms with Crippen molar-refractivity contribution in [2.24, 2.45) is 0 Å². The molecule has 3 rings (SSSR count). The molecule has 0 bridgehead atoms. The van der Waals surface area contributed by atoms with E-state index in [1.54, 1.807) is 18.2 Å². The largest absolute Gasteiger partial charge is 0.469 e. The molecule has 0 aliphatic carbocycles. The van der Waals surface area contributed by atoms with E-state index < -0.39 is 29.9 Å². The van der Waals surface area contributed by atoms with Crippen LogP contribution in [0.15, 0.2) is 51.9 Å². The number of furan rings is 1. The molecule has 2 aromatic heterocycles. The third kappa shape index (κ3) is 3.76. The van der Waals surface area contributed by atoms with Crippen LogP contribution in [0.3, 0.4) is 0 Å². The summed E-state index contributed by atoms with van der Waals surface area (Å²) in [5, 5.41) is 2.56. The quantitative estimate of drug-likeness (QED) is 0.753. The third-order valence-corrected chi connectivity index (χ3v) is 3.70. The first-order valence-corrected chi connectivity index (χ1v) is 7.72. The summed E-state index contributed by atoms with van der Waals surface area (Å²) in [4.78, 5) is 27.7. The first-order chi connectivity index (χ1) is 12.4. The number of para-hydroxylation sites is 2. The van der Waals surface area contributed by atoms with Gasteiger partial charge in [-0.2, -0.15) is 13.2 Å². The molecule has 136 valence electrons. The average Bonchev–Trinajstić information content (AvgIpc) is 3.09. The number of fused-ring (bicyclic) bond motifs is 1. The Labute approximate surface area is 145 Å². The normalized spacial score (nSPS) is 11.7. The second-order valence-electron chi connectivity index (χ2n) is 5.52. The van der Waals surface area contributed by atoms with Crippen molar-refractivity contribution in [3.8, 4) is 0 Å². The van der Waals surface area contributed by atoms with Gasteiger partial charge in [0.1, 0.15) is 12.3 Å². The summed E-state index contributed by atoms with van der Waals surface area (Å²) in [6.45, 7) is -0.306. The second kappa shape index (κ2) is 7.03. The minimum absolute atomic E-state index is 0.0113. The van der Waals surface area contributed by atoms with Crippen LogP contribution >= 0.6 is 0 Å². The number of hydrogen-bond donors (Lipinski definition) is 1. The summed E-state index contributed by atoms with van der Waals surface area (Å²) in [5.41, 5.74) is -2.74. The van der Waals surface area contributed by atoms with Crippen molar-refractivity contribution < 1.29 is 22.4 Å². The molecule has 0 saturated heterocycles. The summed E-state index contributed by atoms with van der Waals surface area (Å²) >= 11 is 0. The van der Waals surface area contributed by atoms with Gasteiger partial charge in [-0.3, -0.25) is 14.2 Å². The van der Waals surface area contributed by atoms with Gasteiger partial charge in [0.05, 0.1) is 17.3 Å². The van der Waals surface area contributed by atoms with Gasteiger partial charge < -0.3 is 9.73 Å². The van der Waals surface area contributed by atoms with E-state index >= 15 is 0 Å². The number of hydrogen-bond acceptors (Lipinski definition) is 4. The highest BCUT2D eigenvalue weighted by Crippen LogP contribution is 2.26. The van der Waals surface area contributed by atoms with Crippen molar-refractivity contribution >= 4 is 16.9 Å². The second-order valence-corrected chi connectivity index (χ2v) is 5.52. The summed E-state index contributed by atoms with van der Waals surface area (Å²) in [5.74, 6) is 0.0827. The molecule has 0 fully saturated rings.